The SMILES string of the molecule is COc1c(C(C)=N)ccnc1Nc1cc(Nc2ccccn2)ncc1C(=O)C1CC1. The lowest BCUT2D eigenvalue weighted by Gasteiger charge is -2.16. The molecular weight excluding hydrogens is 380 g/mol. The molecule has 0 spiro atoms. The number of Topliss-reactive ketones (excluding diaryl/α,β-unsaturated/α-hetero) is 1. The number of ketones is 1. The van der Waals surface area contributed by atoms with Crippen molar-refractivity contribution in [3.8, 4) is 5.75 Å². The van der Waals surface area contributed by atoms with E-state index in [0.29, 0.717) is 45.7 Å². The summed E-state index contributed by atoms with van der Waals surface area (Å²) in [5, 5.41) is 14.3. The van der Waals surface area contributed by atoms with Crippen LogP contribution >= 0.6 is 0 Å². The molecular formula is C22H22N6O2. The smallest absolute Gasteiger partial charge is 0.173 e. The summed E-state index contributed by atoms with van der Waals surface area (Å²) in [5.41, 5.74) is 2.07. The number of methoxy groups -OCH3 is 1. The van der Waals surface area contributed by atoms with Gasteiger partial charge >= 0.3 is 0 Å². The fourth-order valence-electron chi connectivity index (χ4n) is 3.12. The van der Waals surface area contributed by atoms with E-state index in [9.17, 15) is 4.79 Å². The molecule has 30 heavy (non-hydrogen) atoms. The summed E-state index contributed by atoms with van der Waals surface area (Å²) < 4.78 is 5.50. The van der Waals surface area contributed by atoms with Crippen LogP contribution in [0.3, 0.4) is 0 Å². The maximum atomic E-state index is 12.8. The van der Waals surface area contributed by atoms with Gasteiger partial charge in [-0.05, 0) is 38.0 Å². The molecule has 0 amide bonds. The number of carbonyl (C=O) groups excluding carboxylic acids is 1. The van der Waals surface area contributed by atoms with E-state index in [1.54, 1.807) is 37.6 Å². The topological polar surface area (TPSA) is 113 Å². The van der Waals surface area contributed by atoms with Gasteiger partial charge in [0.1, 0.15) is 11.6 Å². The zero-order chi connectivity index (χ0) is 21.1. The highest BCUT2D eigenvalue weighted by Crippen LogP contribution is 2.37. The van der Waals surface area contributed by atoms with Gasteiger partial charge in [-0.3, -0.25) is 4.79 Å². The molecule has 0 atom stereocenters. The molecule has 1 aliphatic rings. The number of nitrogens with zero attached hydrogens (tertiary/aromatic N) is 3. The van der Waals surface area contributed by atoms with Gasteiger partial charge in [-0.1, -0.05) is 6.07 Å². The summed E-state index contributed by atoms with van der Waals surface area (Å²) in [4.78, 5) is 25.8. The van der Waals surface area contributed by atoms with E-state index in [4.69, 9.17) is 10.1 Å². The Kier molecular flexibility index (Phi) is 5.38. The third-order valence-electron chi connectivity index (χ3n) is 4.80. The molecule has 152 valence electrons. The zero-order valence-corrected chi connectivity index (χ0v) is 16.8. The number of hydrogen-bond acceptors (Lipinski definition) is 8. The van der Waals surface area contributed by atoms with E-state index >= 15 is 0 Å². The molecule has 0 bridgehead atoms. The summed E-state index contributed by atoms with van der Waals surface area (Å²) in [7, 11) is 1.53. The number of anilines is 4. The number of carbonyl (C=O) groups is 1. The maximum Gasteiger partial charge on any atom is 0.173 e. The van der Waals surface area contributed by atoms with Crippen LogP contribution in [-0.2, 0) is 0 Å². The molecule has 0 aliphatic heterocycles. The van der Waals surface area contributed by atoms with E-state index in [-0.39, 0.29) is 11.7 Å². The van der Waals surface area contributed by atoms with Crippen molar-refractivity contribution in [2.24, 2.45) is 5.92 Å². The highest BCUT2D eigenvalue weighted by molar-refractivity contribution is 6.05. The third-order valence-corrected chi connectivity index (χ3v) is 4.80. The fourth-order valence-corrected chi connectivity index (χ4v) is 3.12. The van der Waals surface area contributed by atoms with Crippen LogP contribution in [0.25, 0.3) is 0 Å². The lowest BCUT2D eigenvalue weighted by atomic mass is 10.1. The molecule has 0 unspecified atom stereocenters. The van der Waals surface area contributed by atoms with Crippen molar-refractivity contribution in [3.63, 3.8) is 0 Å². The van der Waals surface area contributed by atoms with Crippen LogP contribution in [0.1, 0.15) is 35.7 Å². The van der Waals surface area contributed by atoms with Gasteiger partial charge in [0.2, 0.25) is 0 Å². The Labute approximate surface area is 174 Å². The number of nitrogens with one attached hydrogen (secondary N) is 3. The predicted octanol–water partition coefficient (Wildman–Crippen LogP) is 4.35. The first-order chi connectivity index (χ1) is 14.6. The summed E-state index contributed by atoms with van der Waals surface area (Å²) >= 11 is 0. The van der Waals surface area contributed by atoms with Crippen LogP contribution in [0, 0.1) is 11.3 Å². The third kappa shape index (κ3) is 4.12. The maximum absolute atomic E-state index is 12.8. The van der Waals surface area contributed by atoms with Crippen LogP contribution in [0.2, 0.25) is 0 Å². The first kappa shape index (κ1) is 19.5. The van der Waals surface area contributed by atoms with E-state index in [1.165, 1.54) is 7.11 Å². The van der Waals surface area contributed by atoms with E-state index < -0.39 is 0 Å². The van der Waals surface area contributed by atoms with Crippen LogP contribution in [0.15, 0.2) is 48.9 Å². The highest BCUT2D eigenvalue weighted by atomic mass is 16.5. The monoisotopic (exact) mass is 402 g/mol. The molecule has 3 heterocycles. The number of rotatable bonds is 8. The minimum Gasteiger partial charge on any atom is -0.492 e. The van der Waals surface area contributed by atoms with Gasteiger partial charge in [-0.15, -0.1) is 0 Å². The minimum atomic E-state index is 0.0481. The molecule has 8 nitrogen and oxygen atoms in total. The summed E-state index contributed by atoms with van der Waals surface area (Å²) in [6, 6.07) is 9.02. The molecule has 3 aromatic rings. The Hall–Kier alpha value is -3.81. The number of aromatic nitrogens is 3. The largest absolute Gasteiger partial charge is 0.492 e. The molecule has 1 aliphatic carbocycles. The second-order valence-corrected chi connectivity index (χ2v) is 7.08. The van der Waals surface area contributed by atoms with Crippen LogP contribution in [0.5, 0.6) is 5.75 Å². The normalized spacial score (nSPS) is 12.9. The highest BCUT2D eigenvalue weighted by Gasteiger charge is 2.32. The molecule has 4 rings (SSSR count). The van der Waals surface area contributed by atoms with E-state index in [1.807, 2.05) is 18.2 Å². The Morgan fingerprint density at radius 3 is 2.57 bits per heavy atom. The molecule has 3 N–H and O–H groups in total. The average molecular weight is 402 g/mol. The Bertz CT molecular complexity index is 1100. The van der Waals surface area contributed by atoms with Crippen molar-refractivity contribution in [2.75, 3.05) is 17.7 Å². The molecule has 0 aromatic carbocycles. The van der Waals surface area contributed by atoms with E-state index in [2.05, 4.69) is 25.6 Å². The fraction of sp³-hybridized carbons (Fsp3) is 0.227. The van der Waals surface area contributed by atoms with Crippen LogP contribution in [-0.4, -0.2) is 33.6 Å². The molecule has 1 saturated carbocycles. The summed E-state index contributed by atoms with van der Waals surface area (Å²) in [6.45, 7) is 1.69. The number of hydrogen-bond donors (Lipinski definition) is 3. The second-order valence-electron chi connectivity index (χ2n) is 7.08. The van der Waals surface area contributed by atoms with Gasteiger partial charge in [0, 0.05) is 41.8 Å². The van der Waals surface area contributed by atoms with Gasteiger partial charge in [0.25, 0.3) is 0 Å². The molecule has 8 heteroatoms. The number of ether oxygens (including phenoxy) is 1. The quantitative estimate of drug-likeness (QED) is 0.379. The Morgan fingerprint density at radius 2 is 1.90 bits per heavy atom. The molecule has 0 radical (unpaired) electrons. The average Bonchev–Trinajstić information content (AvgIpc) is 3.59. The molecule has 0 saturated heterocycles. The van der Waals surface area contributed by atoms with Crippen LogP contribution < -0.4 is 15.4 Å². The van der Waals surface area contributed by atoms with Crippen molar-refractivity contribution in [3.05, 3.63) is 60.0 Å². The van der Waals surface area contributed by atoms with Crippen molar-refractivity contribution in [1.82, 2.24) is 15.0 Å². The van der Waals surface area contributed by atoms with Gasteiger partial charge in [-0.25, -0.2) is 15.0 Å². The van der Waals surface area contributed by atoms with Crippen molar-refractivity contribution >= 4 is 34.6 Å². The first-order valence-corrected chi connectivity index (χ1v) is 9.64. The zero-order valence-electron chi connectivity index (χ0n) is 16.8. The standard InChI is InChI=1S/C22H22N6O2/c1-13(23)15-8-10-25-22(21(15)30-2)27-17-11-19(28-18-5-3-4-9-24-18)26-12-16(17)20(29)14-6-7-14/h3-5,8-12,14,23H,6-7H2,1-2H3,(H2,24,25,26,27,28). The predicted molar refractivity (Wildman–Crippen MR) is 115 cm³/mol. The molecule has 3 aromatic heterocycles. The second kappa shape index (κ2) is 8.28. The Morgan fingerprint density at radius 1 is 1.07 bits per heavy atom. The van der Waals surface area contributed by atoms with Gasteiger partial charge in [0.05, 0.1) is 18.4 Å². The first-order valence-electron chi connectivity index (χ1n) is 9.64. The van der Waals surface area contributed by atoms with Gasteiger partial charge < -0.3 is 20.8 Å². The van der Waals surface area contributed by atoms with Crippen LogP contribution in [0.4, 0.5) is 23.1 Å². The van der Waals surface area contributed by atoms with Gasteiger partial charge in [-0.2, -0.15) is 0 Å². The molecule has 1 fully saturated rings. The van der Waals surface area contributed by atoms with E-state index in [0.717, 1.165) is 12.8 Å². The van der Waals surface area contributed by atoms with Crippen molar-refractivity contribution in [2.45, 2.75) is 19.8 Å². The Balaban J connectivity index is 1.73. The summed E-state index contributed by atoms with van der Waals surface area (Å²) in [6.07, 6.45) is 6.67. The summed E-state index contributed by atoms with van der Waals surface area (Å²) in [5.74, 6) is 2.18. The lowest BCUT2D eigenvalue weighted by molar-refractivity contribution is 0.0968. The minimum absolute atomic E-state index is 0.0481. The van der Waals surface area contributed by atoms with Gasteiger partial charge in [0.15, 0.2) is 17.4 Å². The number of pyridine rings is 3. The van der Waals surface area contributed by atoms with Crippen molar-refractivity contribution < 1.29 is 9.53 Å². The van der Waals surface area contributed by atoms with Crippen molar-refractivity contribution in [1.29, 1.82) is 5.41 Å². The lowest BCUT2D eigenvalue weighted by Crippen LogP contribution is -2.10.